The lowest BCUT2D eigenvalue weighted by Crippen LogP contribution is -2.24. The van der Waals surface area contributed by atoms with Gasteiger partial charge in [-0.1, -0.05) is 12.1 Å². The van der Waals surface area contributed by atoms with Crippen LogP contribution in [0.4, 0.5) is 0 Å². The first kappa shape index (κ1) is 17.0. The molecule has 0 amide bonds. The number of nitrogens with zero attached hydrogens (tertiary/aromatic N) is 2. The molecule has 0 radical (unpaired) electrons. The van der Waals surface area contributed by atoms with Crippen LogP contribution in [0.25, 0.3) is 10.9 Å². The zero-order valence-electron chi connectivity index (χ0n) is 13.9. The largest absolute Gasteiger partial charge is 0.497 e. The lowest BCUT2D eigenvalue weighted by molar-refractivity contribution is 0.415. The minimum absolute atomic E-state index is 0.0182. The highest BCUT2D eigenvalue weighted by molar-refractivity contribution is 7.89. The average molecular weight is 355 g/mol. The fraction of sp³-hybridized carbons (Fsp3) is 0.167. The molecule has 1 N–H and O–H groups in total. The van der Waals surface area contributed by atoms with Crippen LogP contribution in [-0.4, -0.2) is 20.1 Å². The second-order valence-corrected chi connectivity index (χ2v) is 7.32. The summed E-state index contributed by atoms with van der Waals surface area (Å²) in [7, 11) is -0.300. The third-order valence-corrected chi connectivity index (χ3v) is 5.49. The van der Waals surface area contributed by atoms with E-state index in [4.69, 9.17) is 10.00 Å². The summed E-state index contributed by atoms with van der Waals surface area (Å²) in [5.74, 6) is 0.706. The summed E-state index contributed by atoms with van der Waals surface area (Å²) in [6, 6.07) is 13.7. The number of aromatic nitrogens is 1. The maximum Gasteiger partial charge on any atom is 0.242 e. The summed E-state index contributed by atoms with van der Waals surface area (Å²) in [4.78, 5) is -0.0182. The lowest BCUT2D eigenvalue weighted by Gasteiger charge is -2.08. The summed E-state index contributed by atoms with van der Waals surface area (Å²) in [6.07, 6.45) is 1.88. The predicted molar refractivity (Wildman–Crippen MR) is 94.7 cm³/mol. The van der Waals surface area contributed by atoms with Gasteiger partial charge in [0.2, 0.25) is 10.0 Å². The number of ether oxygens (including phenoxy) is 1. The van der Waals surface area contributed by atoms with Gasteiger partial charge < -0.3 is 9.30 Å². The van der Waals surface area contributed by atoms with Gasteiger partial charge in [0.15, 0.2) is 0 Å². The summed E-state index contributed by atoms with van der Waals surface area (Å²) < 4.78 is 34.9. The van der Waals surface area contributed by atoms with Gasteiger partial charge in [-0.2, -0.15) is 5.26 Å². The smallest absolute Gasteiger partial charge is 0.242 e. The Labute approximate surface area is 146 Å². The number of hydrogen-bond donors (Lipinski definition) is 1. The first-order valence-corrected chi connectivity index (χ1v) is 9.05. The van der Waals surface area contributed by atoms with Crippen LogP contribution in [-0.2, 0) is 23.6 Å². The maximum atomic E-state index is 12.6. The Morgan fingerprint density at radius 1 is 1.24 bits per heavy atom. The lowest BCUT2D eigenvalue weighted by atomic mass is 10.1. The molecule has 0 fully saturated rings. The van der Waals surface area contributed by atoms with Crippen LogP contribution in [0, 0.1) is 11.3 Å². The van der Waals surface area contributed by atoms with Gasteiger partial charge in [-0.3, -0.25) is 0 Å². The molecule has 25 heavy (non-hydrogen) atoms. The van der Waals surface area contributed by atoms with E-state index in [1.807, 2.05) is 42.1 Å². The molecular formula is C18H17N3O3S. The standard InChI is InChI=1S/C18H17N3O3S/c1-21-12-14(16-9-15(24-2)7-8-17(16)21)11-20-25(22,23)18-6-4-3-5-13(18)10-19/h3-9,12,20H,11H2,1-2H3. The number of nitrogens with one attached hydrogen (secondary N) is 1. The zero-order valence-corrected chi connectivity index (χ0v) is 14.7. The molecule has 0 aliphatic carbocycles. The molecule has 0 saturated heterocycles. The van der Waals surface area contributed by atoms with Crippen molar-refractivity contribution in [3.63, 3.8) is 0 Å². The van der Waals surface area contributed by atoms with Crippen molar-refractivity contribution in [2.75, 3.05) is 7.11 Å². The van der Waals surface area contributed by atoms with Crippen LogP contribution in [0.5, 0.6) is 5.75 Å². The average Bonchev–Trinajstić information content (AvgIpc) is 2.95. The Balaban J connectivity index is 1.93. The highest BCUT2D eigenvalue weighted by Gasteiger charge is 2.19. The second kappa shape index (κ2) is 6.59. The first-order valence-electron chi connectivity index (χ1n) is 7.57. The molecule has 6 nitrogen and oxygen atoms in total. The molecule has 0 aliphatic heterocycles. The van der Waals surface area contributed by atoms with Crippen molar-refractivity contribution >= 4 is 20.9 Å². The molecular weight excluding hydrogens is 338 g/mol. The van der Waals surface area contributed by atoms with Gasteiger partial charge in [-0.15, -0.1) is 0 Å². The van der Waals surface area contributed by atoms with E-state index in [9.17, 15) is 8.42 Å². The van der Waals surface area contributed by atoms with Crippen LogP contribution >= 0.6 is 0 Å². The molecule has 0 unspecified atom stereocenters. The number of fused-ring (bicyclic) bond motifs is 1. The summed E-state index contributed by atoms with van der Waals surface area (Å²) in [5.41, 5.74) is 1.93. The van der Waals surface area contributed by atoms with E-state index in [1.165, 1.54) is 12.1 Å². The number of sulfonamides is 1. The molecule has 0 saturated carbocycles. The van der Waals surface area contributed by atoms with Gasteiger partial charge in [0, 0.05) is 30.7 Å². The number of methoxy groups -OCH3 is 1. The van der Waals surface area contributed by atoms with E-state index in [0.717, 1.165) is 16.5 Å². The summed E-state index contributed by atoms with van der Waals surface area (Å²) in [6.45, 7) is 0.118. The van der Waals surface area contributed by atoms with Gasteiger partial charge in [0.05, 0.1) is 17.6 Å². The Kier molecular flexibility index (Phi) is 4.49. The molecule has 0 aliphatic rings. The monoisotopic (exact) mass is 355 g/mol. The molecule has 7 heteroatoms. The van der Waals surface area contributed by atoms with Crippen LogP contribution in [0.15, 0.2) is 53.6 Å². The molecule has 0 spiro atoms. The fourth-order valence-corrected chi connectivity index (χ4v) is 3.93. The van der Waals surface area contributed by atoms with Crippen LogP contribution < -0.4 is 9.46 Å². The minimum atomic E-state index is -3.79. The predicted octanol–water partition coefficient (Wildman–Crippen LogP) is 2.54. The molecule has 3 aromatic rings. The second-order valence-electron chi connectivity index (χ2n) is 5.58. The van der Waals surface area contributed by atoms with E-state index < -0.39 is 10.0 Å². The van der Waals surface area contributed by atoms with Crippen molar-refractivity contribution in [2.24, 2.45) is 7.05 Å². The van der Waals surface area contributed by atoms with E-state index in [0.29, 0.717) is 5.75 Å². The van der Waals surface area contributed by atoms with Gasteiger partial charge >= 0.3 is 0 Å². The minimum Gasteiger partial charge on any atom is -0.497 e. The Hall–Kier alpha value is -2.82. The number of hydrogen-bond acceptors (Lipinski definition) is 4. The number of rotatable bonds is 5. The van der Waals surface area contributed by atoms with Crippen molar-refractivity contribution < 1.29 is 13.2 Å². The third-order valence-electron chi connectivity index (χ3n) is 4.03. The Bertz CT molecular complexity index is 1080. The molecule has 0 bridgehead atoms. The van der Waals surface area contributed by atoms with E-state index in [2.05, 4.69) is 4.72 Å². The zero-order chi connectivity index (χ0) is 18.0. The van der Waals surface area contributed by atoms with Crippen molar-refractivity contribution in [2.45, 2.75) is 11.4 Å². The van der Waals surface area contributed by atoms with Crippen molar-refractivity contribution in [3.8, 4) is 11.8 Å². The number of nitriles is 1. The fourth-order valence-electron chi connectivity index (χ4n) is 2.76. The first-order chi connectivity index (χ1) is 12.0. The van der Waals surface area contributed by atoms with Gasteiger partial charge in [0.25, 0.3) is 0 Å². The molecule has 0 atom stereocenters. The van der Waals surface area contributed by atoms with Gasteiger partial charge in [0.1, 0.15) is 11.8 Å². The SMILES string of the molecule is COc1ccc2c(c1)c(CNS(=O)(=O)c1ccccc1C#N)cn2C. The highest BCUT2D eigenvalue weighted by atomic mass is 32.2. The number of aryl methyl sites for hydroxylation is 1. The number of benzene rings is 2. The maximum absolute atomic E-state index is 12.6. The Morgan fingerprint density at radius 2 is 2.00 bits per heavy atom. The van der Waals surface area contributed by atoms with Gasteiger partial charge in [-0.25, -0.2) is 13.1 Å². The quantitative estimate of drug-likeness (QED) is 0.762. The molecule has 2 aromatic carbocycles. The van der Waals surface area contributed by atoms with Crippen molar-refractivity contribution in [1.82, 2.24) is 9.29 Å². The van der Waals surface area contributed by atoms with Gasteiger partial charge in [-0.05, 0) is 35.9 Å². The summed E-state index contributed by atoms with van der Waals surface area (Å²) in [5, 5.41) is 10.0. The van der Waals surface area contributed by atoms with Crippen LogP contribution in [0.2, 0.25) is 0 Å². The van der Waals surface area contributed by atoms with E-state index >= 15 is 0 Å². The highest BCUT2D eigenvalue weighted by Crippen LogP contribution is 2.26. The Morgan fingerprint density at radius 3 is 2.72 bits per heavy atom. The van der Waals surface area contributed by atoms with Crippen LogP contribution in [0.3, 0.4) is 0 Å². The van der Waals surface area contributed by atoms with Crippen molar-refractivity contribution in [3.05, 3.63) is 59.8 Å². The molecule has 128 valence electrons. The van der Waals surface area contributed by atoms with Crippen molar-refractivity contribution in [1.29, 1.82) is 5.26 Å². The molecule has 1 heterocycles. The van der Waals surface area contributed by atoms with Crippen LogP contribution in [0.1, 0.15) is 11.1 Å². The summed E-state index contributed by atoms with van der Waals surface area (Å²) >= 11 is 0. The van der Waals surface area contributed by atoms with E-state index in [1.54, 1.807) is 19.2 Å². The molecule has 3 rings (SSSR count). The normalized spacial score (nSPS) is 11.4. The topological polar surface area (TPSA) is 84.1 Å². The third kappa shape index (κ3) is 3.22. The van der Waals surface area contributed by atoms with E-state index in [-0.39, 0.29) is 17.0 Å². The molecule has 1 aromatic heterocycles.